The molecule has 0 bridgehead atoms. The summed E-state index contributed by atoms with van der Waals surface area (Å²) in [7, 11) is 1.29. The molecular formula is C19H26N2O6. The van der Waals surface area contributed by atoms with Crippen LogP contribution in [-0.4, -0.2) is 48.5 Å². The molecule has 1 heterocycles. The summed E-state index contributed by atoms with van der Waals surface area (Å²) in [6.45, 7) is 5.66. The van der Waals surface area contributed by atoms with Crippen molar-refractivity contribution in [3.05, 3.63) is 35.9 Å². The Labute approximate surface area is 158 Å². The zero-order valence-corrected chi connectivity index (χ0v) is 16.1. The molecule has 27 heavy (non-hydrogen) atoms. The number of methoxy groups -OCH3 is 1. The summed E-state index contributed by atoms with van der Waals surface area (Å²) in [5, 5.41) is 2.64. The minimum atomic E-state index is -0.692. The molecule has 0 unspecified atom stereocenters. The number of carbonyl (C=O) groups is 3. The number of likely N-dealkylation sites (tertiary alicyclic amines) is 1. The number of nitrogens with zero attached hydrogens (tertiary/aromatic N) is 1. The summed E-state index contributed by atoms with van der Waals surface area (Å²) in [6.07, 6.45) is -1.84. The number of alkyl carbamates (subject to hydrolysis) is 1. The van der Waals surface area contributed by atoms with Gasteiger partial charge in [-0.3, -0.25) is 9.69 Å². The highest BCUT2D eigenvalue weighted by atomic mass is 16.6. The average molecular weight is 378 g/mol. The Hall–Kier alpha value is -2.77. The van der Waals surface area contributed by atoms with E-state index in [1.54, 1.807) is 20.8 Å². The van der Waals surface area contributed by atoms with E-state index in [1.807, 2.05) is 30.3 Å². The zero-order chi connectivity index (χ0) is 20.0. The monoisotopic (exact) mass is 378 g/mol. The van der Waals surface area contributed by atoms with Crippen LogP contribution in [0, 0.1) is 5.92 Å². The van der Waals surface area contributed by atoms with Gasteiger partial charge in [0, 0.05) is 12.5 Å². The summed E-state index contributed by atoms with van der Waals surface area (Å²) in [5.41, 5.74) is 0.180. The lowest BCUT2D eigenvalue weighted by Crippen LogP contribution is -2.66. The van der Waals surface area contributed by atoms with Gasteiger partial charge in [0.1, 0.15) is 18.4 Å². The van der Waals surface area contributed by atoms with E-state index >= 15 is 0 Å². The molecule has 1 aromatic rings. The van der Waals surface area contributed by atoms with Crippen molar-refractivity contribution in [1.82, 2.24) is 10.2 Å². The largest absolute Gasteiger partial charge is 0.469 e. The summed E-state index contributed by atoms with van der Waals surface area (Å²) in [5.74, 6) is -0.678. The molecule has 1 N–H and O–H groups in total. The lowest BCUT2D eigenvalue weighted by molar-refractivity contribution is -0.145. The minimum absolute atomic E-state index is 0.0828. The van der Waals surface area contributed by atoms with Crippen molar-refractivity contribution < 1.29 is 28.6 Å². The fourth-order valence-electron chi connectivity index (χ4n) is 2.65. The van der Waals surface area contributed by atoms with Gasteiger partial charge in [-0.15, -0.1) is 0 Å². The average Bonchev–Trinajstić information content (AvgIpc) is 2.60. The van der Waals surface area contributed by atoms with Gasteiger partial charge >= 0.3 is 18.2 Å². The lowest BCUT2D eigenvalue weighted by Gasteiger charge is -2.47. The second-order valence-corrected chi connectivity index (χ2v) is 7.32. The Morgan fingerprint density at radius 3 is 2.44 bits per heavy atom. The quantitative estimate of drug-likeness (QED) is 0.625. The first-order valence-corrected chi connectivity index (χ1v) is 8.73. The molecule has 1 fully saturated rings. The molecule has 1 aromatic carbocycles. The Morgan fingerprint density at radius 1 is 1.19 bits per heavy atom. The molecule has 8 heteroatoms. The predicted molar refractivity (Wildman–Crippen MR) is 96.6 cm³/mol. The van der Waals surface area contributed by atoms with Crippen molar-refractivity contribution in [2.24, 2.45) is 5.92 Å². The highest BCUT2D eigenvalue weighted by Crippen LogP contribution is 2.28. The van der Waals surface area contributed by atoms with Crippen molar-refractivity contribution in [3.8, 4) is 0 Å². The highest BCUT2D eigenvalue weighted by molar-refractivity contribution is 5.74. The minimum Gasteiger partial charge on any atom is -0.469 e. The first-order valence-electron chi connectivity index (χ1n) is 8.73. The smallest absolute Gasteiger partial charge is 0.411 e. The third-order valence-electron chi connectivity index (χ3n) is 3.98. The third-order valence-corrected chi connectivity index (χ3v) is 3.98. The maximum absolute atomic E-state index is 12.3. The molecule has 2 amide bonds. The van der Waals surface area contributed by atoms with Crippen LogP contribution in [0.1, 0.15) is 32.8 Å². The molecule has 2 rings (SSSR count). The van der Waals surface area contributed by atoms with E-state index in [0.29, 0.717) is 0 Å². The molecule has 1 aliphatic rings. The number of carbonyl (C=O) groups excluding carboxylic acids is 3. The van der Waals surface area contributed by atoms with Gasteiger partial charge in [-0.2, -0.15) is 0 Å². The maximum atomic E-state index is 12.3. The van der Waals surface area contributed by atoms with Crippen molar-refractivity contribution in [3.63, 3.8) is 0 Å². The second-order valence-electron chi connectivity index (χ2n) is 7.32. The van der Waals surface area contributed by atoms with Crippen molar-refractivity contribution in [2.75, 3.05) is 13.7 Å². The van der Waals surface area contributed by atoms with Crippen LogP contribution < -0.4 is 5.32 Å². The second kappa shape index (κ2) is 8.75. The third kappa shape index (κ3) is 6.16. The molecule has 0 aromatic heterocycles. The molecular weight excluding hydrogens is 352 g/mol. The molecule has 8 nitrogen and oxygen atoms in total. The van der Waals surface area contributed by atoms with Crippen LogP contribution in [0.15, 0.2) is 30.3 Å². The summed E-state index contributed by atoms with van der Waals surface area (Å²) < 4.78 is 15.2. The normalized spacial score (nSPS) is 18.9. The first kappa shape index (κ1) is 20.5. The zero-order valence-electron chi connectivity index (χ0n) is 16.1. The van der Waals surface area contributed by atoms with Crippen LogP contribution in [0.4, 0.5) is 9.59 Å². The van der Waals surface area contributed by atoms with Gasteiger partial charge in [0.15, 0.2) is 0 Å². The lowest BCUT2D eigenvalue weighted by atomic mass is 9.92. The highest BCUT2D eigenvalue weighted by Gasteiger charge is 2.46. The maximum Gasteiger partial charge on any atom is 0.411 e. The summed E-state index contributed by atoms with van der Waals surface area (Å²) >= 11 is 0. The number of amides is 2. The van der Waals surface area contributed by atoms with Crippen molar-refractivity contribution in [1.29, 1.82) is 0 Å². The van der Waals surface area contributed by atoms with E-state index < -0.39 is 29.9 Å². The SMILES string of the molecule is COC(=O)C[C@H]1CN(C(=O)OC(C)(C)C)[C@H]1NC(=O)OCc1ccccc1. The molecule has 0 aliphatic carbocycles. The van der Waals surface area contributed by atoms with Gasteiger partial charge in [-0.25, -0.2) is 9.59 Å². The number of hydrogen-bond donors (Lipinski definition) is 1. The van der Waals surface area contributed by atoms with Gasteiger partial charge in [0.25, 0.3) is 0 Å². The van der Waals surface area contributed by atoms with Gasteiger partial charge in [0.05, 0.1) is 13.5 Å². The van der Waals surface area contributed by atoms with Gasteiger partial charge < -0.3 is 19.5 Å². The number of rotatable bonds is 5. The van der Waals surface area contributed by atoms with E-state index in [2.05, 4.69) is 10.1 Å². The fraction of sp³-hybridized carbons (Fsp3) is 0.526. The molecule has 0 spiro atoms. The number of nitrogens with one attached hydrogen (secondary N) is 1. The number of hydrogen-bond acceptors (Lipinski definition) is 6. The number of benzene rings is 1. The molecule has 1 aliphatic heterocycles. The molecule has 148 valence electrons. The van der Waals surface area contributed by atoms with Gasteiger partial charge in [-0.05, 0) is 26.3 Å². The molecule has 2 atom stereocenters. The Bertz CT molecular complexity index is 671. The van der Waals surface area contributed by atoms with Crippen LogP contribution in [0.25, 0.3) is 0 Å². The molecule has 0 radical (unpaired) electrons. The Balaban J connectivity index is 1.96. The van der Waals surface area contributed by atoms with Crippen molar-refractivity contribution in [2.45, 2.75) is 45.6 Å². The van der Waals surface area contributed by atoms with Crippen LogP contribution in [0.2, 0.25) is 0 Å². The van der Waals surface area contributed by atoms with E-state index in [1.165, 1.54) is 12.0 Å². The fourth-order valence-corrected chi connectivity index (χ4v) is 2.65. The van der Waals surface area contributed by atoms with Gasteiger partial charge in [0.2, 0.25) is 0 Å². The van der Waals surface area contributed by atoms with Crippen LogP contribution >= 0.6 is 0 Å². The van der Waals surface area contributed by atoms with E-state index in [0.717, 1.165) is 5.56 Å². The summed E-state index contributed by atoms with van der Waals surface area (Å²) in [6, 6.07) is 9.24. The van der Waals surface area contributed by atoms with E-state index in [9.17, 15) is 14.4 Å². The number of esters is 1. The van der Waals surface area contributed by atoms with Crippen LogP contribution in [0.3, 0.4) is 0 Å². The Kier molecular flexibility index (Phi) is 6.65. The standard InChI is InChI=1S/C19H26N2O6/c1-19(2,3)27-18(24)21-11-14(10-15(22)25-4)16(21)20-17(23)26-12-13-8-6-5-7-9-13/h5-9,14,16H,10-12H2,1-4H3,(H,20,23)/t14-,16+/m0/s1. The number of ether oxygens (including phenoxy) is 3. The first-order chi connectivity index (χ1) is 12.7. The van der Waals surface area contributed by atoms with Crippen LogP contribution in [0.5, 0.6) is 0 Å². The van der Waals surface area contributed by atoms with Crippen molar-refractivity contribution >= 4 is 18.2 Å². The topological polar surface area (TPSA) is 94.2 Å². The summed E-state index contributed by atoms with van der Waals surface area (Å²) in [4.78, 5) is 37.4. The van der Waals surface area contributed by atoms with E-state index in [4.69, 9.17) is 9.47 Å². The van der Waals surface area contributed by atoms with Crippen LogP contribution in [-0.2, 0) is 25.6 Å². The molecule has 0 saturated carbocycles. The molecule has 1 saturated heterocycles. The Morgan fingerprint density at radius 2 is 1.85 bits per heavy atom. The van der Waals surface area contributed by atoms with Gasteiger partial charge in [-0.1, -0.05) is 30.3 Å². The predicted octanol–water partition coefficient (Wildman–Crippen LogP) is 2.67. The van der Waals surface area contributed by atoms with E-state index in [-0.39, 0.29) is 25.5 Å².